The Morgan fingerprint density at radius 1 is 1.32 bits per heavy atom. The molecule has 0 atom stereocenters. The molecule has 0 spiro atoms. The first-order valence-electron chi connectivity index (χ1n) is 5.79. The molecule has 0 amide bonds. The molecule has 0 unspecified atom stereocenters. The van der Waals surface area contributed by atoms with Gasteiger partial charge in [0.15, 0.2) is 11.6 Å². The summed E-state index contributed by atoms with van der Waals surface area (Å²) in [5, 5.41) is 3.61. The molecule has 0 bridgehead atoms. The largest absolute Gasteiger partial charge is 0.381 e. The number of nitrogens with two attached hydrogens (primary N) is 1. The Hall–Kier alpha value is -1.43. The van der Waals surface area contributed by atoms with Crippen LogP contribution in [-0.2, 0) is 6.42 Å². The third kappa shape index (κ3) is 2.78. The quantitative estimate of drug-likeness (QED) is 0.919. The van der Waals surface area contributed by atoms with E-state index in [9.17, 15) is 8.78 Å². The Bertz CT molecular complexity index is 588. The SMILES string of the molecule is CC(C)Cc1c(N)noc1-c1c(F)cc(Br)cc1F. The highest BCUT2D eigenvalue weighted by Crippen LogP contribution is 2.34. The van der Waals surface area contributed by atoms with Gasteiger partial charge in [-0.15, -0.1) is 0 Å². The number of hydrogen-bond acceptors (Lipinski definition) is 3. The average Bonchev–Trinajstić information content (AvgIpc) is 2.59. The smallest absolute Gasteiger partial charge is 0.178 e. The highest BCUT2D eigenvalue weighted by Gasteiger charge is 2.23. The predicted molar refractivity (Wildman–Crippen MR) is 72.5 cm³/mol. The number of nitrogens with zero attached hydrogens (tertiary/aromatic N) is 1. The van der Waals surface area contributed by atoms with Gasteiger partial charge in [0, 0.05) is 10.0 Å². The molecule has 0 saturated carbocycles. The van der Waals surface area contributed by atoms with Crippen molar-refractivity contribution in [3.63, 3.8) is 0 Å². The number of halogens is 3. The van der Waals surface area contributed by atoms with Gasteiger partial charge in [-0.05, 0) is 24.5 Å². The van der Waals surface area contributed by atoms with Crippen molar-refractivity contribution in [1.82, 2.24) is 5.16 Å². The van der Waals surface area contributed by atoms with Crippen molar-refractivity contribution in [2.24, 2.45) is 5.92 Å². The zero-order valence-electron chi connectivity index (χ0n) is 10.5. The molecule has 0 saturated heterocycles. The summed E-state index contributed by atoms with van der Waals surface area (Å²) in [6.45, 7) is 3.95. The normalized spacial score (nSPS) is 11.3. The first kappa shape index (κ1) is 14.0. The van der Waals surface area contributed by atoms with Crippen molar-refractivity contribution in [3.05, 3.63) is 33.8 Å². The molecule has 102 valence electrons. The van der Waals surface area contributed by atoms with Gasteiger partial charge in [-0.3, -0.25) is 0 Å². The molecule has 1 heterocycles. The maximum absolute atomic E-state index is 13.9. The Morgan fingerprint density at radius 2 is 1.89 bits per heavy atom. The van der Waals surface area contributed by atoms with Crippen LogP contribution in [0.1, 0.15) is 19.4 Å². The lowest BCUT2D eigenvalue weighted by atomic mass is 9.99. The molecule has 1 aromatic carbocycles. The average molecular weight is 331 g/mol. The molecule has 2 rings (SSSR count). The van der Waals surface area contributed by atoms with Crippen LogP contribution in [0.25, 0.3) is 11.3 Å². The van der Waals surface area contributed by atoms with Crippen LogP contribution in [0.2, 0.25) is 0 Å². The number of benzene rings is 1. The van der Waals surface area contributed by atoms with E-state index in [-0.39, 0.29) is 23.1 Å². The van der Waals surface area contributed by atoms with Crippen LogP contribution in [0.15, 0.2) is 21.1 Å². The van der Waals surface area contributed by atoms with Gasteiger partial charge in [-0.25, -0.2) is 8.78 Å². The van der Waals surface area contributed by atoms with Crippen LogP contribution in [0, 0.1) is 17.6 Å². The Balaban J connectivity index is 2.60. The van der Waals surface area contributed by atoms with Crippen molar-refractivity contribution in [1.29, 1.82) is 0 Å². The number of anilines is 1. The van der Waals surface area contributed by atoms with Crippen molar-refractivity contribution < 1.29 is 13.3 Å². The molecule has 0 aliphatic heterocycles. The summed E-state index contributed by atoms with van der Waals surface area (Å²) in [6.07, 6.45) is 0.541. The predicted octanol–water partition coefficient (Wildman–Crippen LogP) is 4.16. The first-order valence-corrected chi connectivity index (χ1v) is 6.58. The first-order chi connectivity index (χ1) is 8.90. The summed E-state index contributed by atoms with van der Waals surface area (Å²) in [4.78, 5) is 0. The van der Waals surface area contributed by atoms with E-state index in [0.717, 1.165) is 0 Å². The monoisotopic (exact) mass is 330 g/mol. The Morgan fingerprint density at radius 3 is 2.42 bits per heavy atom. The summed E-state index contributed by atoms with van der Waals surface area (Å²) < 4.78 is 33.2. The topological polar surface area (TPSA) is 52.0 Å². The fourth-order valence-electron chi connectivity index (χ4n) is 1.88. The third-order valence-corrected chi connectivity index (χ3v) is 3.12. The Kier molecular flexibility index (Phi) is 3.89. The van der Waals surface area contributed by atoms with Crippen LogP contribution in [0.5, 0.6) is 0 Å². The maximum Gasteiger partial charge on any atom is 0.178 e. The highest BCUT2D eigenvalue weighted by atomic mass is 79.9. The molecular weight excluding hydrogens is 318 g/mol. The van der Waals surface area contributed by atoms with Crippen LogP contribution in [0.3, 0.4) is 0 Å². The number of rotatable bonds is 3. The highest BCUT2D eigenvalue weighted by molar-refractivity contribution is 9.10. The second-order valence-corrected chi connectivity index (χ2v) is 5.63. The van der Waals surface area contributed by atoms with Gasteiger partial charge in [-0.1, -0.05) is 34.9 Å². The van der Waals surface area contributed by atoms with E-state index in [2.05, 4.69) is 21.1 Å². The van der Waals surface area contributed by atoms with E-state index in [1.807, 2.05) is 13.8 Å². The summed E-state index contributed by atoms with van der Waals surface area (Å²) in [6, 6.07) is 2.35. The standard InChI is InChI=1S/C13H13BrF2N2O/c1-6(2)3-8-12(19-18-13(8)17)11-9(15)4-7(14)5-10(11)16/h4-6H,3H2,1-2H3,(H2,17,18). The van der Waals surface area contributed by atoms with E-state index in [1.165, 1.54) is 12.1 Å². The molecule has 1 aromatic heterocycles. The summed E-state index contributed by atoms with van der Waals surface area (Å²) in [7, 11) is 0. The van der Waals surface area contributed by atoms with E-state index < -0.39 is 11.6 Å². The minimum absolute atomic E-state index is 0.0636. The van der Waals surface area contributed by atoms with Crippen LogP contribution in [0.4, 0.5) is 14.6 Å². The molecule has 2 N–H and O–H groups in total. The molecule has 0 fully saturated rings. The molecule has 0 aliphatic rings. The van der Waals surface area contributed by atoms with Gasteiger partial charge in [0.2, 0.25) is 0 Å². The lowest BCUT2D eigenvalue weighted by Gasteiger charge is -2.07. The molecule has 0 aliphatic carbocycles. The van der Waals surface area contributed by atoms with Gasteiger partial charge in [0.25, 0.3) is 0 Å². The van der Waals surface area contributed by atoms with Crippen molar-refractivity contribution in [2.45, 2.75) is 20.3 Å². The van der Waals surface area contributed by atoms with Gasteiger partial charge in [0.05, 0.1) is 5.56 Å². The van der Waals surface area contributed by atoms with Crippen LogP contribution >= 0.6 is 15.9 Å². The molecule has 2 aromatic rings. The van der Waals surface area contributed by atoms with Crippen molar-refractivity contribution >= 4 is 21.7 Å². The summed E-state index contributed by atoms with van der Waals surface area (Å²) in [5.41, 5.74) is 6.00. The molecule has 6 heteroatoms. The minimum atomic E-state index is -0.715. The molecule has 0 radical (unpaired) electrons. The molecular formula is C13H13BrF2N2O. The summed E-state index contributed by atoms with van der Waals surface area (Å²) in [5.74, 6) is -0.929. The second kappa shape index (κ2) is 5.28. The van der Waals surface area contributed by atoms with E-state index >= 15 is 0 Å². The van der Waals surface area contributed by atoms with Crippen LogP contribution < -0.4 is 5.73 Å². The number of hydrogen-bond donors (Lipinski definition) is 1. The lowest BCUT2D eigenvalue weighted by molar-refractivity contribution is 0.428. The maximum atomic E-state index is 13.9. The van der Waals surface area contributed by atoms with E-state index in [0.29, 0.717) is 16.5 Å². The minimum Gasteiger partial charge on any atom is -0.381 e. The van der Waals surface area contributed by atoms with E-state index in [4.69, 9.17) is 10.3 Å². The molecule has 19 heavy (non-hydrogen) atoms. The van der Waals surface area contributed by atoms with E-state index in [1.54, 1.807) is 0 Å². The third-order valence-electron chi connectivity index (χ3n) is 2.66. The number of aromatic nitrogens is 1. The van der Waals surface area contributed by atoms with Gasteiger partial charge < -0.3 is 10.3 Å². The second-order valence-electron chi connectivity index (χ2n) is 4.72. The zero-order valence-corrected chi connectivity index (χ0v) is 12.1. The van der Waals surface area contributed by atoms with Crippen LogP contribution in [-0.4, -0.2) is 5.16 Å². The fourth-order valence-corrected chi connectivity index (χ4v) is 2.28. The number of nitrogen functional groups attached to an aromatic ring is 1. The van der Waals surface area contributed by atoms with Gasteiger partial charge in [0.1, 0.15) is 11.6 Å². The zero-order chi connectivity index (χ0) is 14.2. The Labute approximate surface area is 117 Å². The van der Waals surface area contributed by atoms with Crippen molar-refractivity contribution in [2.75, 3.05) is 5.73 Å². The lowest BCUT2D eigenvalue weighted by Crippen LogP contribution is -2.00. The van der Waals surface area contributed by atoms with Gasteiger partial charge in [-0.2, -0.15) is 0 Å². The van der Waals surface area contributed by atoms with Gasteiger partial charge >= 0.3 is 0 Å². The fraction of sp³-hybridized carbons (Fsp3) is 0.308. The summed E-state index contributed by atoms with van der Waals surface area (Å²) >= 11 is 3.03. The van der Waals surface area contributed by atoms with Crippen molar-refractivity contribution in [3.8, 4) is 11.3 Å². The molecule has 3 nitrogen and oxygen atoms in total.